The molecule has 4 heteroatoms. The molecule has 2 aromatic rings. The van der Waals surface area contributed by atoms with E-state index in [2.05, 4.69) is 27.9 Å². The van der Waals surface area contributed by atoms with Gasteiger partial charge in [0, 0.05) is 17.7 Å². The lowest BCUT2D eigenvalue weighted by molar-refractivity contribution is 0.0951. The van der Waals surface area contributed by atoms with E-state index in [1.807, 2.05) is 26.0 Å². The Morgan fingerprint density at radius 2 is 2.10 bits per heavy atom. The van der Waals surface area contributed by atoms with E-state index in [9.17, 15) is 4.79 Å². The van der Waals surface area contributed by atoms with Crippen molar-refractivity contribution in [3.63, 3.8) is 0 Å². The van der Waals surface area contributed by atoms with Crippen LogP contribution in [0.25, 0.3) is 0 Å². The second-order valence-electron chi connectivity index (χ2n) is 4.80. The van der Waals surface area contributed by atoms with Crippen LogP contribution >= 0.6 is 11.3 Å². The number of benzene rings is 1. The lowest BCUT2D eigenvalue weighted by Crippen LogP contribution is -2.23. The molecule has 2 rings (SSSR count). The zero-order chi connectivity index (χ0) is 15.2. The molecule has 0 atom stereocenters. The molecule has 0 aliphatic heterocycles. The predicted octanol–water partition coefficient (Wildman–Crippen LogP) is 2.61. The van der Waals surface area contributed by atoms with Gasteiger partial charge >= 0.3 is 0 Å². The molecule has 0 aliphatic carbocycles. The number of carbonyl (C=O) groups excluding carboxylic acids is 1. The van der Waals surface area contributed by atoms with Crippen LogP contribution in [-0.2, 0) is 6.54 Å². The van der Waals surface area contributed by atoms with Crippen LogP contribution < -0.4 is 11.1 Å². The monoisotopic (exact) mass is 298 g/mol. The number of aryl methyl sites for hydroxylation is 2. The van der Waals surface area contributed by atoms with Gasteiger partial charge in [0.05, 0.1) is 6.54 Å². The van der Waals surface area contributed by atoms with Crippen molar-refractivity contribution in [2.75, 3.05) is 6.54 Å². The van der Waals surface area contributed by atoms with Crippen molar-refractivity contribution in [3.05, 3.63) is 56.8 Å². The maximum atomic E-state index is 12.2. The fourth-order valence-corrected chi connectivity index (χ4v) is 2.79. The Labute approximate surface area is 129 Å². The first-order valence-electron chi connectivity index (χ1n) is 6.71. The number of hydrogen-bond acceptors (Lipinski definition) is 3. The third-order valence-electron chi connectivity index (χ3n) is 3.21. The van der Waals surface area contributed by atoms with E-state index in [-0.39, 0.29) is 5.91 Å². The lowest BCUT2D eigenvalue weighted by atomic mass is 10.0. The maximum absolute atomic E-state index is 12.2. The van der Waals surface area contributed by atoms with Gasteiger partial charge in [-0.1, -0.05) is 11.8 Å². The van der Waals surface area contributed by atoms with Crippen LogP contribution in [0.5, 0.6) is 0 Å². The Balaban J connectivity index is 2.06. The Morgan fingerprint density at radius 3 is 2.71 bits per heavy atom. The van der Waals surface area contributed by atoms with Gasteiger partial charge in [0.2, 0.25) is 0 Å². The SMILES string of the molecule is Cc1cc(C(=O)NCc2cscc2C)ccc1C#CCN. The number of rotatable bonds is 3. The highest BCUT2D eigenvalue weighted by molar-refractivity contribution is 7.08. The normalized spacial score (nSPS) is 9.86. The molecule has 1 amide bonds. The first kappa shape index (κ1) is 15.3. The summed E-state index contributed by atoms with van der Waals surface area (Å²) in [7, 11) is 0. The van der Waals surface area contributed by atoms with Crippen LogP contribution in [0.1, 0.15) is 32.6 Å². The maximum Gasteiger partial charge on any atom is 0.251 e. The minimum atomic E-state index is -0.0676. The first-order valence-corrected chi connectivity index (χ1v) is 7.65. The van der Waals surface area contributed by atoms with E-state index in [4.69, 9.17) is 5.73 Å². The van der Waals surface area contributed by atoms with Crippen molar-refractivity contribution in [2.45, 2.75) is 20.4 Å². The summed E-state index contributed by atoms with van der Waals surface area (Å²) < 4.78 is 0. The number of hydrogen-bond donors (Lipinski definition) is 2. The minimum Gasteiger partial charge on any atom is -0.348 e. The van der Waals surface area contributed by atoms with Crippen LogP contribution in [-0.4, -0.2) is 12.5 Å². The number of nitrogens with one attached hydrogen (secondary N) is 1. The van der Waals surface area contributed by atoms with Crippen molar-refractivity contribution in [1.29, 1.82) is 0 Å². The smallest absolute Gasteiger partial charge is 0.251 e. The first-order chi connectivity index (χ1) is 10.1. The van der Waals surface area contributed by atoms with Crippen LogP contribution in [0.4, 0.5) is 0 Å². The van der Waals surface area contributed by atoms with Gasteiger partial charge in [0.1, 0.15) is 0 Å². The standard InChI is InChI=1S/C17H18N2OS/c1-12-8-15(6-5-14(12)4-3-7-18)17(20)19-9-16-11-21-10-13(16)2/h5-6,8,10-11H,7,9,18H2,1-2H3,(H,19,20). The van der Waals surface area contributed by atoms with Crippen LogP contribution in [0.15, 0.2) is 29.0 Å². The Morgan fingerprint density at radius 1 is 1.29 bits per heavy atom. The topological polar surface area (TPSA) is 55.1 Å². The summed E-state index contributed by atoms with van der Waals surface area (Å²) in [5.41, 5.74) is 10.3. The molecule has 0 saturated heterocycles. The largest absolute Gasteiger partial charge is 0.348 e. The highest BCUT2D eigenvalue weighted by Gasteiger charge is 2.08. The summed E-state index contributed by atoms with van der Waals surface area (Å²) in [6, 6.07) is 5.52. The predicted molar refractivity (Wildman–Crippen MR) is 87.3 cm³/mol. The summed E-state index contributed by atoms with van der Waals surface area (Å²) in [5.74, 6) is 5.75. The number of thiophene rings is 1. The number of amides is 1. The summed E-state index contributed by atoms with van der Waals surface area (Å²) in [5, 5.41) is 7.09. The van der Waals surface area contributed by atoms with Crippen molar-refractivity contribution >= 4 is 17.2 Å². The lowest BCUT2D eigenvalue weighted by Gasteiger charge is -2.07. The highest BCUT2D eigenvalue weighted by Crippen LogP contribution is 2.14. The molecule has 1 aromatic carbocycles. The summed E-state index contributed by atoms with van der Waals surface area (Å²) in [4.78, 5) is 12.2. The summed E-state index contributed by atoms with van der Waals surface area (Å²) >= 11 is 1.65. The zero-order valence-corrected chi connectivity index (χ0v) is 13.0. The zero-order valence-electron chi connectivity index (χ0n) is 12.2. The van der Waals surface area contributed by atoms with Crippen LogP contribution in [0.2, 0.25) is 0 Å². The third kappa shape index (κ3) is 3.94. The molecule has 3 nitrogen and oxygen atoms in total. The molecule has 0 aliphatic rings. The second-order valence-corrected chi connectivity index (χ2v) is 5.54. The average molecular weight is 298 g/mol. The van der Waals surface area contributed by atoms with Gasteiger partial charge in [0.25, 0.3) is 5.91 Å². The molecule has 1 aromatic heterocycles. The van der Waals surface area contributed by atoms with Gasteiger partial charge < -0.3 is 11.1 Å². The van der Waals surface area contributed by atoms with Crippen molar-refractivity contribution < 1.29 is 4.79 Å². The molecule has 108 valence electrons. The molecule has 0 fully saturated rings. The van der Waals surface area contributed by atoms with Gasteiger partial charge in [-0.25, -0.2) is 0 Å². The van der Waals surface area contributed by atoms with Gasteiger partial charge in [-0.15, -0.1) is 0 Å². The van der Waals surface area contributed by atoms with E-state index >= 15 is 0 Å². The number of carbonyl (C=O) groups is 1. The van der Waals surface area contributed by atoms with Crippen molar-refractivity contribution in [3.8, 4) is 11.8 Å². The molecule has 0 saturated carbocycles. The average Bonchev–Trinajstić information content (AvgIpc) is 2.88. The van der Waals surface area contributed by atoms with Gasteiger partial charge in [-0.05, 0) is 59.5 Å². The Kier molecular flexibility index (Phi) is 5.15. The summed E-state index contributed by atoms with van der Waals surface area (Å²) in [6.07, 6.45) is 0. The van der Waals surface area contributed by atoms with E-state index in [1.165, 1.54) is 5.56 Å². The Hall–Kier alpha value is -2.09. The summed E-state index contributed by atoms with van der Waals surface area (Å²) in [6.45, 7) is 4.89. The van der Waals surface area contributed by atoms with E-state index in [0.29, 0.717) is 18.7 Å². The van der Waals surface area contributed by atoms with E-state index in [1.54, 1.807) is 17.4 Å². The van der Waals surface area contributed by atoms with Crippen molar-refractivity contribution in [1.82, 2.24) is 5.32 Å². The molecule has 21 heavy (non-hydrogen) atoms. The molecular weight excluding hydrogens is 280 g/mol. The molecule has 3 N–H and O–H groups in total. The molecule has 0 unspecified atom stereocenters. The quantitative estimate of drug-likeness (QED) is 0.856. The Bertz CT molecular complexity index is 707. The fourth-order valence-electron chi connectivity index (χ4n) is 1.94. The van der Waals surface area contributed by atoms with Gasteiger partial charge in [-0.3, -0.25) is 4.79 Å². The molecule has 0 spiro atoms. The minimum absolute atomic E-state index is 0.0676. The third-order valence-corrected chi connectivity index (χ3v) is 4.12. The van der Waals surface area contributed by atoms with Gasteiger partial charge in [-0.2, -0.15) is 11.3 Å². The molecule has 0 radical (unpaired) electrons. The van der Waals surface area contributed by atoms with Crippen molar-refractivity contribution in [2.24, 2.45) is 5.73 Å². The second kappa shape index (κ2) is 7.07. The highest BCUT2D eigenvalue weighted by atomic mass is 32.1. The van der Waals surface area contributed by atoms with Crippen LogP contribution in [0, 0.1) is 25.7 Å². The molecule has 1 heterocycles. The van der Waals surface area contributed by atoms with Gasteiger partial charge in [0.15, 0.2) is 0 Å². The van der Waals surface area contributed by atoms with Crippen LogP contribution in [0.3, 0.4) is 0 Å². The van der Waals surface area contributed by atoms with E-state index in [0.717, 1.165) is 16.7 Å². The number of nitrogens with two attached hydrogens (primary N) is 1. The van der Waals surface area contributed by atoms with E-state index < -0.39 is 0 Å². The fraction of sp³-hybridized carbons (Fsp3) is 0.235. The molecular formula is C17H18N2OS. The molecule has 0 bridgehead atoms.